The molecule has 0 amide bonds. The third-order valence-electron chi connectivity index (χ3n) is 2.34. The minimum atomic E-state index is -4.60. The van der Waals surface area contributed by atoms with Crippen LogP contribution in [0, 0.1) is 17.1 Å². The second-order valence-corrected chi connectivity index (χ2v) is 4.65. The quantitative estimate of drug-likeness (QED) is 0.723. The van der Waals surface area contributed by atoms with Crippen molar-refractivity contribution in [3.05, 3.63) is 34.1 Å². The third kappa shape index (κ3) is 2.16. The Kier molecular flexibility index (Phi) is 2.99. The summed E-state index contributed by atoms with van der Waals surface area (Å²) in [6, 6.07) is 3.13. The number of nitrogens with one attached hydrogen (secondary N) is 1. The smallest absolute Gasteiger partial charge is 0.357 e. The zero-order valence-corrected chi connectivity index (χ0v) is 9.84. The molecule has 0 saturated heterocycles. The van der Waals surface area contributed by atoms with Gasteiger partial charge in [-0.15, -0.1) is 0 Å². The summed E-state index contributed by atoms with van der Waals surface area (Å²) in [5.74, 6) is -0.988. The van der Waals surface area contributed by atoms with Crippen LogP contribution in [0.25, 0.3) is 0 Å². The fraction of sp³-hybridized carbons (Fsp3) is 0.182. The molecule has 0 fully saturated rings. The number of alkyl halides is 3. The summed E-state index contributed by atoms with van der Waals surface area (Å²) >= 11 is 0.825. The molecule has 94 valence electrons. The summed E-state index contributed by atoms with van der Waals surface area (Å²) in [7, 11) is 0. The molecule has 0 atom stereocenters. The van der Waals surface area contributed by atoms with Gasteiger partial charge in [0, 0.05) is 5.70 Å². The highest BCUT2D eigenvalue weighted by Crippen LogP contribution is 2.43. The van der Waals surface area contributed by atoms with Gasteiger partial charge in [-0.1, -0.05) is 11.8 Å². The van der Waals surface area contributed by atoms with Gasteiger partial charge < -0.3 is 5.32 Å². The number of benzene rings is 1. The molecule has 18 heavy (non-hydrogen) atoms. The van der Waals surface area contributed by atoms with Crippen molar-refractivity contribution in [1.29, 1.82) is 5.26 Å². The van der Waals surface area contributed by atoms with Crippen LogP contribution in [-0.2, 0) is 6.18 Å². The van der Waals surface area contributed by atoms with E-state index in [1.165, 1.54) is 0 Å². The van der Waals surface area contributed by atoms with E-state index in [9.17, 15) is 17.6 Å². The molecule has 1 aliphatic heterocycles. The van der Waals surface area contributed by atoms with Gasteiger partial charge in [-0.05, 0) is 19.1 Å². The fourth-order valence-electron chi connectivity index (χ4n) is 1.50. The van der Waals surface area contributed by atoms with Crippen LogP contribution in [0.2, 0.25) is 0 Å². The van der Waals surface area contributed by atoms with Gasteiger partial charge in [-0.2, -0.15) is 18.4 Å². The molecule has 1 aliphatic rings. The zero-order valence-electron chi connectivity index (χ0n) is 9.02. The molecule has 2 rings (SSSR count). The summed E-state index contributed by atoms with van der Waals surface area (Å²) in [6.45, 7) is 1.55. The maximum absolute atomic E-state index is 13.6. The molecule has 0 aromatic heterocycles. The van der Waals surface area contributed by atoms with Gasteiger partial charge in [0.1, 0.15) is 16.8 Å². The first kappa shape index (κ1) is 12.8. The van der Waals surface area contributed by atoms with Crippen molar-refractivity contribution in [2.75, 3.05) is 5.32 Å². The summed E-state index contributed by atoms with van der Waals surface area (Å²) in [6.07, 6.45) is -4.60. The van der Waals surface area contributed by atoms with Crippen LogP contribution < -0.4 is 5.32 Å². The van der Waals surface area contributed by atoms with Crippen LogP contribution in [-0.4, -0.2) is 0 Å². The van der Waals surface area contributed by atoms with Crippen LogP contribution in [0.15, 0.2) is 27.6 Å². The first-order chi connectivity index (χ1) is 8.32. The van der Waals surface area contributed by atoms with E-state index < -0.39 is 17.6 Å². The summed E-state index contributed by atoms with van der Waals surface area (Å²) < 4.78 is 51.1. The number of thioether (sulfide) groups is 1. The molecule has 0 saturated carbocycles. The predicted molar refractivity (Wildman–Crippen MR) is 59.2 cm³/mol. The lowest BCUT2D eigenvalue weighted by Crippen LogP contribution is -2.11. The Morgan fingerprint density at radius 2 is 2.00 bits per heavy atom. The molecule has 0 bridgehead atoms. The number of allylic oxidation sites excluding steroid dienone is 2. The third-order valence-corrected chi connectivity index (χ3v) is 3.56. The highest BCUT2D eigenvalue weighted by Gasteiger charge is 2.33. The van der Waals surface area contributed by atoms with Crippen molar-refractivity contribution in [3.63, 3.8) is 0 Å². The van der Waals surface area contributed by atoms with Gasteiger partial charge in [-0.25, -0.2) is 4.39 Å². The van der Waals surface area contributed by atoms with Crippen molar-refractivity contribution >= 4 is 17.4 Å². The number of rotatable bonds is 0. The first-order valence-electron chi connectivity index (χ1n) is 4.79. The van der Waals surface area contributed by atoms with Crippen molar-refractivity contribution < 1.29 is 17.6 Å². The van der Waals surface area contributed by atoms with Crippen molar-refractivity contribution in [3.8, 4) is 6.07 Å². The minimum Gasteiger partial charge on any atom is -0.357 e. The molecular formula is C11H6F4N2S. The molecule has 1 aromatic rings. The maximum Gasteiger partial charge on any atom is 0.416 e. The highest BCUT2D eigenvalue weighted by molar-refractivity contribution is 8.03. The maximum atomic E-state index is 13.6. The number of nitrogens with zero attached hydrogens (tertiary/aromatic N) is 1. The largest absolute Gasteiger partial charge is 0.416 e. The number of hydrogen-bond acceptors (Lipinski definition) is 3. The zero-order chi connectivity index (χ0) is 13.5. The molecule has 0 radical (unpaired) electrons. The van der Waals surface area contributed by atoms with Crippen molar-refractivity contribution in [2.45, 2.75) is 18.0 Å². The number of fused-ring (bicyclic) bond motifs is 1. The lowest BCUT2D eigenvalue weighted by molar-refractivity contribution is -0.137. The summed E-state index contributed by atoms with van der Waals surface area (Å²) in [4.78, 5) is 0.242. The van der Waals surface area contributed by atoms with Gasteiger partial charge in [0.15, 0.2) is 0 Å². The number of halogens is 4. The van der Waals surface area contributed by atoms with Gasteiger partial charge in [0.05, 0.1) is 16.1 Å². The van der Waals surface area contributed by atoms with E-state index in [1.807, 2.05) is 6.07 Å². The first-order valence-corrected chi connectivity index (χ1v) is 5.61. The number of nitriles is 1. The molecule has 0 aliphatic carbocycles. The summed E-state index contributed by atoms with van der Waals surface area (Å²) in [5, 5.41) is 11.4. The molecule has 0 spiro atoms. The number of hydrogen-bond donors (Lipinski definition) is 1. The van der Waals surface area contributed by atoms with E-state index in [1.54, 1.807) is 6.92 Å². The SMILES string of the molecule is CC1=C(C#N)Sc2c(F)cc(C(F)(F)F)cc2N1. The Morgan fingerprint density at radius 1 is 1.33 bits per heavy atom. The molecule has 2 nitrogen and oxygen atoms in total. The van der Waals surface area contributed by atoms with E-state index in [-0.39, 0.29) is 15.5 Å². The van der Waals surface area contributed by atoms with Gasteiger partial charge in [-0.3, -0.25) is 0 Å². The average molecular weight is 274 g/mol. The second-order valence-electron chi connectivity index (χ2n) is 3.63. The Labute approximate surface area is 104 Å². The van der Waals surface area contributed by atoms with Gasteiger partial charge in [0.25, 0.3) is 0 Å². The second kappa shape index (κ2) is 4.21. The van der Waals surface area contributed by atoms with Crippen LogP contribution in [0.1, 0.15) is 12.5 Å². The Balaban J connectivity index is 2.53. The van der Waals surface area contributed by atoms with Crippen molar-refractivity contribution in [1.82, 2.24) is 0 Å². The molecule has 7 heteroatoms. The summed E-state index contributed by atoms with van der Waals surface area (Å²) in [5.41, 5.74) is -0.613. The van der Waals surface area contributed by atoms with E-state index in [0.717, 1.165) is 17.8 Å². The van der Waals surface area contributed by atoms with E-state index >= 15 is 0 Å². The molecule has 1 N–H and O–H groups in total. The number of anilines is 1. The van der Waals surface area contributed by atoms with Gasteiger partial charge in [0.2, 0.25) is 0 Å². The Morgan fingerprint density at radius 3 is 2.56 bits per heavy atom. The van der Waals surface area contributed by atoms with Crippen LogP contribution in [0.4, 0.5) is 23.2 Å². The fourth-order valence-corrected chi connectivity index (χ4v) is 2.33. The molecular weight excluding hydrogens is 268 g/mol. The minimum absolute atomic E-state index is 0.00477. The average Bonchev–Trinajstić information content (AvgIpc) is 2.26. The van der Waals surface area contributed by atoms with E-state index in [0.29, 0.717) is 11.8 Å². The Bertz CT molecular complexity index is 584. The van der Waals surface area contributed by atoms with Crippen molar-refractivity contribution in [2.24, 2.45) is 0 Å². The molecule has 1 aromatic carbocycles. The lowest BCUT2D eigenvalue weighted by atomic mass is 10.1. The van der Waals surface area contributed by atoms with Gasteiger partial charge >= 0.3 is 6.18 Å². The topological polar surface area (TPSA) is 35.8 Å². The monoisotopic (exact) mass is 274 g/mol. The standard InChI is InChI=1S/C11H6F4N2S/c1-5-9(4-16)18-10-7(12)2-6(11(13,14)15)3-8(10)17-5/h2-3,17H,1H3. The van der Waals surface area contributed by atoms with Crippen LogP contribution >= 0.6 is 11.8 Å². The predicted octanol–water partition coefficient (Wildman–Crippen LogP) is 4.12. The lowest BCUT2D eigenvalue weighted by Gasteiger charge is -2.20. The Hall–Kier alpha value is -1.68. The van der Waals surface area contributed by atoms with Crippen LogP contribution in [0.3, 0.4) is 0 Å². The van der Waals surface area contributed by atoms with Crippen LogP contribution in [0.5, 0.6) is 0 Å². The van der Waals surface area contributed by atoms with E-state index in [2.05, 4.69) is 5.32 Å². The molecule has 0 unspecified atom stereocenters. The highest BCUT2D eigenvalue weighted by atomic mass is 32.2. The normalized spacial score (nSPS) is 14.9. The van der Waals surface area contributed by atoms with E-state index in [4.69, 9.17) is 5.26 Å². The molecule has 1 heterocycles.